The molecule has 2 N–H and O–H groups in total. The van der Waals surface area contributed by atoms with Crippen molar-refractivity contribution in [2.24, 2.45) is 5.41 Å². The molecule has 1 aliphatic heterocycles. The summed E-state index contributed by atoms with van der Waals surface area (Å²) in [6.07, 6.45) is 0.792. The Balaban J connectivity index is 2.06. The zero-order valence-corrected chi connectivity index (χ0v) is 19.3. The van der Waals surface area contributed by atoms with Gasteiger partial charge in [0, 0.05) is 25.7 Å². The molecule has 3 rings (SSSR count). The first-order chi connectivity index (χ1) is 15.0. The molecule has 1 aromatic carbocycles. The van der Waals surface area contributed by atoms with Crippen LogP contribution in [0.2, 0.25) is 0 Å². The summed E-state index contributed by atoms with van der Waals surface area (Å²) >= 11 is 0. The molecule has 7 nitrogen and oxygen atoms in total. The number of nitrogens with one attached hydrogen (secondary N) is 2. The molecule has 1 aliphatic rings. The van der Waals surface area contributed by atoms with Gasteiger partial charge in [-0.25, -0.2) is 13.8 Å². The number of fused-ring (bicyclic) bond motifs is 1. The maximum atomic E-state index is 14.6. The van der Waals surface area contributed by atoms with Crippen molar-refractivity contribution in [2.45, 2.75) is 53.2 Å². The lowest BCUT2D eigenvalue weighted by molar-refractivity contribution is -0.125. The van der Waals surface area contributed by atoms with E-state index in [-0.39, 0.29) is 23.0 Å². The van der Waals surface area contributed by atoms with E-state index in [0.717, 1.165) is 19.0 Å². The van der Waals surface area contributed by atoms with Crippen molar-refractivity contribution >= 4 is 11.8 Å². The number of aromatic nitrogens is 2. The summed E-state index contributed by atoms with van der Waals surface area (Å²) < 4.78 is 29.9. The minimum Gasteiger partial charge on any atom is -0.355 e. The lowest BCUT2D eigenvalue weighted by atomic mass is 9.86. The van der Waals surface area contributed by atoms with E-state index < -0.39 is 29.0 Å². The van der Waals surface area contributed by atoms with Crippen LogP contribution >= 0.6 is 0 Å². The average molecular weight is 448 g/mol. The lowest BCUT2D eigenvalue weighted by Crippen LogP contribution is -2.53. The smallest absolute Gasteiger partial charge is 0.272 e. The molecule has 0 spiro atoms. The SMILES string of the molecule is CCNC(=O)C(NC(=O)c1nc(-c2ccc(F)cc2F)n2c1CN(C)CCC2)C(C)(C)C. The molecule has 2 aromatic rings. The molecule has 0 radical (unpaired) electrons. The maximum Gasteiger partial charge on any atom is 0.272 e. The Hall–Kier alpha value is -2.81. The van der Waals surface area contributed by atoms with E-state index in [2.05, 4.69) is 20.5 Å². The number of carbonyl (C=O) groups excluding carboxylic acids is 2. The van der Waals surface area contributed by atoms with Crippen LogP contribution in [0, 0.1) is 17.0 Å². The Morgan fingerprint density at radius 1 is 1.22 bits per heavy atom. The van der Waals surface area contributed by atoms with Crippen LogP contribution in [-0.2, 0) is 17.9 Å². The largest absolute Gasteiger partial charge is 0.355 e. The van der Waals surface area contributed by atoms with E-state index in [1.54, 1.807) is 0 Å². The van der Waals surface area contributed by atoms with Gasteiger partial charge in [0.15, 0.2) is 5.69 Å². The summed E-state index contributed by atoms with van der Waals surface area (Å²) in [6.45, 7) is 9.66. The molecule has 0 aliphatic carbocycles. The minimum atomic E-state index is -0.776. The van der Waals surface area contributed by atoms with Crippen molar-refractivity contribution in [1.29, 1.82) is 0 Å². The second-order valence-corrected chi connectivity index (χ2v) is 9.26. The molecule has 2 amide bonds. The van der Waals surface area contributed by atoms with Crippen LogP contribution in [0.25, 0.3) is 11.4 Å². The number of carbonyl (C=O) groups is 2. The normalized spacial score (nSPS) is 15.6. The standard InChI is InChI=1S/C23H31F2N5O2/c1-6-26-22(32)19(23(2,3)4)28-21(31)18-17-13-29(5)10-7-11-30(17)20(27-18)15-9-8-14(24)12-16(15)25/h8-9,12,19H,6-7,10-11,13H2,1-5H3,(H,26,32)(H,28,31). The number of likely N-dealkylation sites (N-methyl/N-ethyl adjacent to an activating group) is 1. The van der Waals surface area contributed by atoms with Crippen LogP contribution in [0.3, 0.4) is 0 Å². The van der Waals surface area contributed by atoms with Crippen molar-refractivity contribution in [1.82, 2.24) is 25.1 Å². The van der Waals surface area contributed by atoms with E-state index in [1.165, 1.54) is 12.1 Å². The van der Waals surface area contributed by atoms with Gasteiger partial charge in [0.2, 0.25) is 5.91 Å². The third kappa shape index (κ3) is 4.98. The summed E-state index contributed by atoms with van der Waals surface area (Å²) in [5.74, 6) is -1.91. The van der Waals surface area contributed by atoms with Crippen molar-refractivity contribution in [3.05, 3.63) is 41.2 Å². The van der Waals surface area contributed by atoms with E-state index in [0.29, 0.717) is 25.3 Å². The van der Waals surface area contributed by atoms with Gasteiger partial charge in [-0.15, -0.1) is 0 Å². The molecular formula is C23H31F2N5O2. The Labute approximate surface area is 187 Å². The molecule has 1 unspecified atom stereocenters. The van der Waals surface area contributed by atoms with E-state index >= 15 is 0 Å². The van der Waals surface area contributed by atoms with Gasteiger partial charge >= 0.3 is 0 Å². The monoisotopic (exact) mass is 447 g/mol. The van der Waals surface area contributed by atoms with Crippen LogP contribution in [0.15, 0.2) is 18.2 Å². The molecular weight excluding hydrogens is 416 g/mol. The first-order valence-corrected chi connectivity index (χ1v) is 10.8. The fourth-order valence-electron chi connectivity index (χ4n) is 3.93. The highest BCUT2D eigenvalue weighted by atomic mass is 19.1. The summed E-state index contributed by atoms with van der Waals surface area (Å²) in [7, 11) is 1.94. The number of halogens is 2. The van der Waals surface area contributed by atoms with Crippen molar-refractivity contribution in [3.63, 3.8) is 0 Å². The van der Waals surface area contributed by atoms with Crippen LogP contribution < -0.4 is 10.6 Å². The summed E-state index contributed by atoms with van der Waals surface area (Å²) in [4.78, 5) is 32.5. The van der Waals surface area contributed by atoms with E-state index in [1.807, 2.05) is 39.3 Å². The topological polar surface area (TPSA) is 79.3 Å². The first-order valence-electron chi connectivity index (χ1n) is 10.8. The fraction of sp³-hybridized carbons (Fsp3) is 0.522. The van der Waals surface area contributed by atoms with Gasteiger partial charge in [0.05, 0.1) is 11.3 Å². The van der Waals surface area contributed by atoms with Crippen LogP contribution in [-0.4, -0.2) is 52.4 Å². The first kappa shape index (κ1) is 23.8. The Kier molecular flexibility index (Phi) is 6.97. The lowest BCUT2D eigenvalue weighted by Gasteiger charge is -2.30. The van der Waals surface area contributed by atoms with Crippen molar-refractivity contribution in [2.75, 3.05) is 20.1 Å². The van der Waals surface area contributed by atoms with Gasteiger partial charge in [0.25, 0.3) is 5.91 Å². The summed E-state index contributed by atoms with van der Waals surface area (Å²) in [6, 6.07) is 2.54. The number of hydrogen-bond acceptors (Lipinski definition) is 4. The highest BCUT2D eigenvalue weighted by Crippen LogP contribution is 2.29. The fourth-order valence-corrected chi connectivity index (χ4v) is 3.93. The molecule has 32 heavy (non-hydrogen) atoms. The van der Waals surface area contributed by atoms with E-state index in [4.69, 9.17) is 0 Å². The molecule has 1 aromatic heterocycles. The maximum absolute atomic E-state index is 14.6. The van der Waals surface area contributed by atoms with Gasteiger partial charge in [-0.05, 0) is 44.5 Å². The molecule has 1 atom stereocenters. The number of nitrogens with zero attached hydrogens (tertiary/aromatic N) is 3. The third-order valence-electron chi connectivity index (χ3n) is 5.56. The van der Waals surface area contributed by atoms with Crippen LogP contribution in [0.4, 0.5) is 8.78 Å². The molecule has 0 bridgehead atoms. The van der Waals surface area contributed by atoms with Gasteiger partial charge in [-0.1, -0.05) is 20.8 Å². The molecule has 0 saturated carbocycles. The zero-order chi connectivity index (χ0) is 23.6. The van der Waals surface area contributed by atoms with Crippen LogP contribution in [0.5, 0.6) is 0 Å². The number of benzene rings is 1. The number of rotatable bonds is 5. The average Bonchev–Trinajstić information content (AvgIpc) is 2.91. The third-order valence-corrected chi connectivity index (χ3v) is 5.56. The minimum absolute atomic E-state index is 0.132. The number of imidazole rings is 1. The molecule has 2 heterocycles. The Morgan fingerprint density at radius 3 is 2.56 bits per heavy atom. The van der Waals surface area contributed by atoms with Gasteiger partial charge < -0.3 is 20.1 Å². The molecule has 0 saturated heterocycles. The molecule has 0 fully saturated rings. The number of hydrogen-bond donors (Lipinski definition) is 2. The second kappa shape index (κ2) is 9.36. The molecule has 174 valence electrons. The van der Waals surface area contributed by atoms with Crippen molar-refractivity contribution < 1.29 is 18.4 Å². The van der Waals surface area contributed by atoms with Crippen LogP contribution in [0.1, 0.15) is 50.3 Å². The predicted molar refractivity (Wildman–Crippen MR) is 118 cm³/mol. The predicted octanol–water partition coefficient (Wildman–Crippen LogP) is 2.94. The summed E-state index contributed by atoms with van der Waals surface area (Å²) in [5, 5.41) is 5.59. The highest BCUT2D eigenvalue weighted by molar-refractivity contribution is 5.98. The van der Waals surface area contributed by atoms with Crippen molar-refractivity contribution in [3.8, 4) is 11.4 Å². The van der Waals surface area contributed by atoms with E-state index in [9.17, 15) is 18.4 Å². The Bertz CT molecular complexity index is 1010. The highest BCUT2D eigenvalue weighted by Gasteiger charge is 2.35. The summed E-state index contributed by atoms with van der Waals surface area (Å²) in [5.41, 5.74) is 0.391. The number of amides is 2. The quantitative estimate of drug-likeness (QED) is 0.739. The second-order valence-electron chi connectivity index (χ2n) is 9.26. The van der Waals surface area contributed by atoms with Gasteiger partial charge in [-0.2, -0.15) is 0 Å². The molecule has 9 heteroatoms. The Morgan fingerprint density at radius 2 is 1.94 bits per heavy atom. The zero-order valence-electron chi connectivity index (χ0n) is 19.3. The van der Waals surface area contributed by atoms with Gasteiger partial charge in [0.1, 0.15) is 23.5 Å². The van der Waals surface area contributed by atoms with Gasteiger partial charge in [-0.3, -0.25) is 9.59 Å².